The van der Waals surface area contributed by atoms with Gasteiger partial charge in [0.2, 0.25) is 0 Å². The van der Waals surface area contributed by atoms with Crippen LogP contribution in [0.1, 0.15) is 0 Å². The van der Waals surface area contributed by atoms with Crippen molar-refractivity contribution in [3.05, 3.63) is 35.1 Å². The SMILES string of the molecule is CN(C)c1[nH]c(=S)[nH]c1-c1ccccc1. The molecule has 0 fully saturated rings. The molecule has 0 aliphatic carbocycles. The smallest absolute Gasteiger partial charge is 0.176 e. The van der Waals surface area contributed by atoms with Gasteiger partial charge in [-0.2, -0.15) is 0 Å². The molecule has 0 saturated heterocycles. The van der Waals surface area contributed by atoms with Crippen LogP contribution in [0.4, 0.5) is 5.82 Å². The van der Waals surface area contributed by atoms with E-state index in [2.05, 4.69) is 22.1 Å². The third-order valence-corrected chi connectivity index (χ3v) is 2.42. The zero-order chi connectivity index (χ0) is 10.8. The third kappa shape index (κ3) is 1.94. The molecule has 0 aliphatic heterocycles. The highest BCUT2D eigenvalue weighted by Gasteiger charge is 2.08. The summed E-state index contributed by atoms with van der Waals surface area (Å²) in [6.45, 7) is 0. The third-order valence-electron chi connectivity index (χ3n) is 2.22. The first-order valence-electron chi connectivity index (χ1n) is 4.73. The molecule has 0 bridgehead atoms. The quantitative estimate of drug-likeness (QED) is 0.762. The number of rotatable bonds is 2. The van der Waals surface area contributed by atoms with Crippen molar-refractivity contribution < 1.29 is 0 Å². The van der Waals surface area contributed by atoms with E-state index >= 15 is 0 Å². The van der Waals surface area contributed by atoms with Crippen molar-refractivity contribution in [2.24, 2.45) is 0 Å². The fraction of sp³-hybridized carbons (Fsp3) is 0.182. The maximum atomic E-state index is 5.10. The van der Waals surface area contributed by atoms with Crippen LogP contribution in [-0.2, 0) is 0 Å². The minimum atomic E-state index is 0.651. The van der Waals surface area contributed by atoms with Crippen molar-refractivity contribution in [3.63, 3.8) is 0 Å². The van der Waals surface area contributed by atoms with E-state index in [1.54, 1.807) is 0 Å². The van der Waals surface area contributed by atoms with Crippen LogP contribution in [0.5, 0.6) is 0 Å². The summed E-state index contributed by atoms with van der Waals surface area (Å²) in [5.74, 6) is 1.01. The number of nitrogens with one attached hydrogen (secondary N) is 2. The number of imidazole rings is 1. The molecule has 0 aliphatic rings. The summed E-state index contributed by atoms with van der Waals surface area (Å²) < 4.78 is 0.651. The molecule has 1 aromatic heterocycles. The molecule has 2 rings (SSSR count). The minimum Gasteiger partial charge on any atom is -0.362 e. The van der Waals surface area contributed by atoms with Crippen LogP contribution in [0.3, 0.4) is 0 Å². The number of aromatic amines is 2. The van der Waals surface area contributed by atoms with Gasteiger partial charge in [0, 0.05) is 19.7 Å². The van der Waals surface area contributed by atoms with E-state index in [1.807, 2.05) is 37.2 Å². The Morgan fingerprint density at radius 3 is 2.33 bits per heavy atom. The van der Waals surface area contributed by atoms with Crippen LogP contribution >= 0.6 is 12.2 Å². The molecule has 0 amide bonds. The highest BCUT2D eigenvalue weighted by Crippen LogP contribution is 2.25. The second kappa shape index (κ2) is 3.90. The Hall–Kier alpha value is -1.55. The summed E-state index contributed by atoms with van der Waals surface area (Å²) in [6.07, 6.45) is 0. The Labute approximate surface area is 93.8 Å². The average Bonchev–Trinajstić information content (AvgIpc) is 2.62. The highest BCUT2D eigenvalue weighted by atomic mass is 32.1. The van der Waals surface area contributed by atoms with Gasteiger partial charge in [0.1, 0.15) is 5.82 Å². The predicted molar refractivity (Wildman–Crippen MR) is 65.7 cm³/mol. The van der Waals surface area contributed by atoms with Crippen LogP contribution in [0, 0.1) is 4.77 Å². The van der Waals surface area contributed by atoms with E-state index in [9.17, 15) is 0 Å². The molecule has 3 nitrogen and oxygen atoms in total. The Bertz CT molecular complexity index is 496. The number of hydrogen-bond acceptors (Lipinski definition) is 2. The van der Waals surface area contributed by atoms with Gasteiger partial charge in [0.05, 0.1) is 5.69 Å². The van der Waals surface area contributed by atoms with E-state index in [0.717, 1.165) is 17.1 Å². The number of aromatic nitrogens is 2. The molecule has 2 N–H and O–H groups in total. The molecule has 1 heterocycles. The Morgan fingerprint density at radius 2 is 1.73 bits per heavy atom. The fourth-order valence-corrected chi connectivity index (χ4v) is 1.72. The Morgan fingerprint density at radius 1 is 1.07 bits per heavy atom. The summed E-state index contributed by atoms with van der Waals surface area (Å²) in [5.41, 5.74) is 2.17. The molecule has 0 radical (unpaired) electrons. The first-order chi connectivity index (χ1) is 7.18. The largest absolute Gasteiger partial charge is 0.362 e. The lowest BCUT2D eigenvalue weighted by atomic mass is 10.1. The number of H-pyrrole nitrogens is 2. The molecule has 4 heteroatoms. The summed E-state index contributed by atoms with van der Waals surface area (Å²) in [6, 6.07) is 10.1. The standard InChI is InChI=1S/C11H13N3S/c1-14(2)10-9(12-11(15)13-10)8-6-4-3-5-7-8/h3-7H,1-2H3,(H2,12,13,15). The predicted octanol–water partition coefficient (Wildman–Crippen LogP) is 2.81. The lowest BCUT2D eigenvalue weighted by Crippen LogP contribution is -2.10. The zero-order valence-electron chi connectivity index (χ0n) is 8.74. The first-order valence-corrected chi connectivity index (χ1v) is 5.14. The lowest BCUT2D eigenvalue weighted by Gasteiger charge is -2.11. The number of nitrogens with zero attached hydrogens (tertiary/aromatic N) is 1. The van der Waals surface area contributed by atoms with Crippen LogP contribution in [0.2, 0.25) is 0 Å². The van der Waals surface area contributed by atoms with Crippen molar-refractivity contribution in [1.29, 1.82) is 0 Å². The van der Waals surface area contributed by atoms with E-state index in [4.69, 9.17) is 12.2 Å². The minimum absolute atomic E-state index is 0.651. The van der Waals surface area contributed by atoms with Crippen LogP contribution in [-0.4, -0.2) is 24.1 Å². The van der Waals surface area contributed by atoms with E-state index < -0.39 is 0 Å². The van der Waals surface area contributed by atoms with E-state index in [0.29, 0.717) is 4.77 Å². The van der Waals surface area contributed by atoms with Gasteiger partial charge in [-0.25, -0.2) is 0 Å². The summed E-state index contributed by atoms with van der Waals surface area (Å²) in [5, 5.41) is 0. The van der Waals surface area contributed by atoms with Crippen molar-refractivity contribution in [2.45, 2.75) is 0 Å². The van der Waals surface area contributed by atoms with Gasteiger partial charge >= 0.3 is 0 Å². The second-order valence-electron chi connectivity index (χ2n) is 3.56. The molecule has 15 heavy (non-hydrogen) atoms. The van der Waals surface area contributed by atoms with Crippen LogP contribution in [0.15, 0.2) is 30.3 Å². The Kier molecular flexibility index (Phi) is 2.60. The van der Waals surface area contributed by atoms with E-state index in [1.165, 1.54) is 0 Å². The molecule has 0 spiro atoms. The number of benzene rings is 1. The van der Waals surface area contributed by atoms with Crippen molar-refractivity contribution in [1.82, 2.24) is 9.97 Å². The first kappa shape index (κ1) is 9.98. The van der Waals surface area contributed by atoms with Gasteiger partial charge in [-0.05, 0) is 12.2 Å². The van der Waals surface area contributed by atoms with Crippen molar-refractivity contribution in [3.8, 4) is 11.3 Å². The highest BCUT2D eigenvalue weighted by molar-refractivity contribution is 7.71. The van der Waals surface area contributed by atoms with Gasteiger partial charge in [-0.3, -0.25) is 0 Å². The van der Waals surface area contributed by atoms with Gasteiger partial charge in [-0.15, -0.1) is 0 Å². The maximum absolute atomic E-state index is 5.10. The fourth-order valence-electron chi connectivity index (χ4n) is 1.52. The van der Waals surface area contributed by atoms with Crippen molar-refractivity contribution in [2.75, 3.05) is 19.0 Å². The molecular weight excluding hydrogens is 206 g/mol. The van der Waals surface area contributed by atoms with E-state index in [-0.39, 0.29) is 0 Å². The molecule has 0 atom stereocenters. The molecule has 1 aromatic carbocycles. The maximum Gasteiger partial charge on any atom is 0.176 e. The number of anilines is 1. The monoisotopic (exact) mass is 219 g/mol. The number of hydrogen-bond donors (Lipinski definition) is 2. The normalized spacial score (nSPS) is 10.3. The molecular formula is C11H13N3S. The summed E-state index contributed by atoms with van der Waals surface area (Å²) in [7, 11) is 3.97. The van der Waals surface area contributed by atoms with Crippen molar-refractivity contribution >= 4 is 18.0 Å². The Balaban J connectivity index is 2.58. The molecule has 0 unspecified atom stereocenters. The average molecular weight is 219 g/mol. The van der Waals surface area contributed by atoms with Gasteiger partial charge in [0.25, 0.3) is 0 Å². The summed E-state index contributed by atoms with van der Waals surface area (Å²) in [4.78, 5) is 8.30. The van der Waals surface area contributed by atoms with Crippen LogP contribution in [0.25, 0.3) is 11.3 Å². The second-order valence-corrected chi connectivity index (χ2v) is 3.97. The molecule has 2 aromatic rings. The molecule has 78 valence electrons. The molecule has 0 saturated carbocycles. The van der Waals surface area contributed by atoms with Crippen LogP contribution < -0.4 is 4.90 Å². The zero-order valence-corrected chi connectivity index (χ0v) is 9.56. The van der Waals surface area contributed by atoms with Gasteiger partial charge < -0.3 is 14.9 Å². The summed E-state index contributed by atoms with van der Waals surface area (Å²) >= 11 is 5.10. The van der Waals surface area contributed by atoms with Gasteiger partial charge in [-0.1, -0.05) is 30.3 Å². The topological polar surface area (TPSA) is 34.8 Å². The lowest BCUT2D eigenvalue weighted by molar-refractivity contribution is 1.08. The van der Waals surface area contributed by atoms with Gasteiger partial charge in [0.15, 0.2) is 4.77 Å².